The number of ether oxygens (including phenoxy) is 3. The number of carbonyl (C=O) groups is 2. The molecule has 0 radical (unpaired) electrons. The molecule has 2 bridgehead atoms. The van der Waals surface area contributed by atoms with Crippen molar-refractivity contribution in [1.29, 1.82) is 0 Å². The Balaban J connectivity index is 1.28. The number of halogens is 3. The second-order valence-electron chi connectivity index (χ2n) is 9.20. The van der Waals surface area contributed by atoms with Gasteiger partial charge in [0.05, 0.1) is 28.8 Å². The minimum Gasteiger partial charge on any atom is -0.495 e. The van der Waals surface area contributed by atoms with Crippen LogP contribution in [0.3, 0.4) is 0 Å². The topological polar surface area (TPSA) is 106 Å². The molecule has 3 fully saturated rings. The zero-order valence-electron chi connectivity index (χ0n) is 19.6. The molecule has 3 N–H and O–H groups in total. The molecule has 11 heteroatoms. The fourth-order valence-electron chi connectivity index (χ4n) is 4.90. The lowest BCUT2D eigenvalue weighted by Gasteiger charge is -2.56. The van der Waals surface area contributed by atoms with E-state index in [4.69, 9.17) is 37.4 Å². The molecule has 3 aliphatic rings. The summed E-state index contributed by atoms with van der Waals surface area (Å²) < 4.78 is 29.6. The van der Waals surface area contributed by atoms with Gasteiger partial charge in [-0.25, -0.2) is 4.39 Å². The van der Waals surface area contributed by atoms with E-state index in [1.54, 1.807) is 18.2 Å². The monoisotopic (exact) mass is 540 g/mol. The second kappa shape index (κ2) is 10.7. The van der Waals surface area contributed by atoms with Crippen LogP contribution in [0.1, 0.15) is 32.1 Å². The average molecular weight is 541 g/mol. The zero-order valence-corrected chi connectivity index (χ0v) is 21.1. The van der Waals surface area contributed by atoms with Crippen molar-refractivity contribution in [3.63, 3.8) is 0 Å². The van der Waals surface area contributed by atoms with Crippen molar-refractivity contribution >= 4 is 35.0 Å². The SMILES string of the molecule is COc1cc(OCC(=O)NC23CCC(NC(=O)COc4ccc(Cl)c(F)c4)(CC2)C[C@@H]3O)ccc1Cl. The van der Waals surface area contributed by atoms with Gasteiger partial charge in [-0.1, -0.05) is 23.2 Å². The molecule has 2 aromatic rings. The highest BCUT2D eigenvalue weighted by atomic mass is 35.5. The Morgan fingerprint density at radius 3 is 2.14 bits per heavy atom. The van der Waals surface area contributed by atoms with Crippen molar-refractivity contribution in [2.45, 2.75) is 49.3 Å². The normalized spacial score (nSPS) is 24.6. The summed E-state index contributed by atoms with van der Waals surface area (Å²) in [5.41, 5.74) is -1.37. The third-order valence-corrected chi connectivity index (χ3v) is 7.49. The van der Waals surface area contributed by atoms with Gasteiger partial charge in [-0.2, -0.15) is 0 Å². The molecule has 8 nitrogen and oxygen atoms in total. The summed E-state index contributed by atoms with van der Waals surface area (Å²) in [5, 5.41) is 17.2. The molecule has 194 valence electrons. The maximum atomic E-state index is 13.6. The van der Waals surface area contributed by atoms with Gasteiger partial charge in [0.1, 0.15) is 23.1 Å². The molecule has 0 saturated heterocycles. The lowest BCUT2D eigenvalue weighted by atomic mass is 9.60. The Morgan fingerprint density at radius 2 is 1.56 bits per heavy atom. The fraction of sp³-hybridized carbons (Fsp3) is 0.440. The maximum Gasteiger partial charge on any atom is 0.258 e. The maximum absolute atomic E-state index is 13.6. The number of fused-ring (bicyclic) bond motifs is 3. The Kier molecular flexibility index (Phi) is 7.82. The highest BCUT2D eigenvalue weighted by molar-refractivity contribution is 6.32. The summed E-state index contributed by atoms with van der Waals surface area (Å²) in [6, 6.07) is 8.79. The molecule has 0 aliphatic heterocycles. The number of amides is 2. The first-order chi connectivity index (χ1) is 17.1. The van der Waals surface area contributed by atoms with Gasteiger partial charge in [-0.3, -0.25) is 9.59 Å². The first-order valence-electron chi connectivity index (χ1n) is 11.5. The molecule has 2 aromatic carbocycles. The molecular weight excluding hydrogens is 514 g/mol. The Hall–Kier alpha value is -2.75. The smallest absolute Gasteiger partial charge is 0.258 e. The van der Waals surface area contributed by atoms with Gasteiger partial charge in [0.2, 0.25) is 0 Å². The minimum atomic E-state index is -0.842. The summed E-state index contributed by atoms with van der Waals surface area (Å²) in [4.78, 5) is 25.2. The van der Waals surface area contributed by atoms with Crippen molar-refractivity contribution in [2.24, 2.45) is 0 Å². The highest BCUT2D eigenvalue weighted by Gasteiger charge is 2.55. The van der Waals surface area contributed by atoms with E-state index in [2.05, 4.69) is 10.6 Å². The molecular formula is C25H27Cl2FN2O6. The highest BCUT2D eigenvalue weighted by Crippen LogP contribution is 2.47. The van der Waals surface area contributed by atoms with Crippen LogP contribution in [0, 0.1) is 5.82 Å². The number of nitrogens with one attached hydrogen (secondary N) is 2. The predicted molar refractivity (Wildman–Crippen MR) is 131 cm³/mol. The Labute approximate surface area is 218 Å². The van der Waals surface area contributed by atoms with Crippen molar-refractivity contribution in [2.75, 3.05) is 20.3 Å². The van der Waals surface area contributed by atoms with Crippen molar-refractivity contribution in [3.8, 4) is 17.2 Å². The molecule has 0 aromatic heterocycles. The summed E-state index contributed by atoms with van der Waals surface area (Å²) in [6.45, 7) is -0.530. The number of benzene rings is 2. The van der Waals surface area contributed by atoms with E-state index in [0.29, 0.717) is 48.6 Å². The van der Waals surface area contributed by atoms with Gasteiger partial charge in [-0.15, -0.1) is 0 Å². The third kappa shape index (κ3) is 5.79. The fourth-order valence-corrected chi connectivity index (χ4v) is 5.21. The number of aliphatic hydroxyl groups excluding tert-OH is 1. The largest absolute Gasteiger partial charge is 0.495 e. The first kappa shape index (κ1) is 26.3. The molecule has 3 aliphatic carbocycles. The number of carbonyl (C=O) groups excluding carboxylic acids is 2. The van der Waals surface area contributed by atoms with Gasteiger partial charge in [0, 0.05) is 17.7 Å². The quantitative estimate of drug-likeness (QED) is 0.448. The summed E-state index contributed by atoms with van der Waals surface area (Å²) in [7, 11) is 1.49. The number of methoxy groups -OCH3 is 1. The predicted octanol–water partition coefficient (Wildman–Crippen LogP) is 3.65. The van der Waals surface area contributed by atoms with Gasteiger partial charge < -0.3 is 30.0 Å². The van der Waals surface area contributed by atoms with Gasteiger partial charge in [0.25, 0.3) is 11.8 Å². The second-order valence-corrected chi connectivity index (χ2v) is 10.0. The Morgan fingerprint density at radius 1 is 0.972 bits per heavy atom. The van der Waals surface area contributed by atoms with Crippen LogP contribution in [0.5, 0.6) is 17.2 Å². The molecule has 0 unspecified atom stereocenters. The van der Waals surface area contributed by atoms with E-state index in [0.717, 1.165) is 6.07 Å². The van der Waals surface area contributed by atoms with E-state index in [-0.39, 0.29) is 35.8 Å². The average Bonchev–Trinajstić information content (AvgIpc) is 2.85. The van der Waals surface area contributed by atoms with E-state index in [1.807, 2.05) is 0 Å². The third-order valence-electron chi connectivity index (χ3n) is 6.87. The molecule has 1 atom stereocenters. The summed E-state index contributed by atoms with van der Waals surface area (Å²) >= 11 is 11.7. The van der Waals surface area contributed by atoms with E-state index in [9.17, 15) is 19.1 Å². The van der Waals surface area contributed by atoms with Gasteiger partial charge >= 0.3 is 0 Å². The molecule has 3 saturated carbocycles. The lowest BCUT2D eigenvalue weighted by molar-refractivity contribution is -0.137. The van der Waals surface area contributed by atoms with Crippen LogP contribution in [0.25, 0.3) is 0 Å². The van der Waals surface area contributed by atoms with Crippen LogP contribution in [-0.2, 0) is 9.59 Å². The number of rotatable bonds is 9. The summed E-state index contributed by atoms with van der Waals surface area (Å²) in [6.07, 6.45) is 1.62. The minimum absolute atomic E-state index is 0.0311. The van der Waals surface area contributed by atoms with Crippen molar-refractivity contribution in [1.82, 2.24) is 10.6 Å². The van der Waals surface area contributed by atoms with Crippen LogP contribution >= 0.6 is 23.2 Å². The van der Waals surface area contributed by atoms with Crippen LogP contribution in [0.4, 0.5) is 4.39 Å². The van der Waals surface area contributed by atoms with Gasteiger partial charge in [0.15, 0.2) is 13.2 Å². The Bertz CT molecular complexity index is 1140. The molecule has 5 rings (SSSR count). The molecule has 0 spiro atoms. The number of hydrogen-bond acceptors (Lipinski definition) is 6. The van der Waals surface area contributed by atoms with Gasteiger partial charge in [-0.05, 0) is 56.4 Å². The molecule has 36 heavy (non-hydrogen) atoms. The van der Waals surface area contributed by atoms with Crippen LogP contribution in [-0.4, -0.2) is 54.4 Å². The van der Waals surface area contributed by atoms with E-state index >= 15 is 0 Å². The number of hydrogen-bond donors (Lipinski definition) is 3. The lowest BCUT2D eigenvalue weighted by Crippen LogP contribution is -2.70. The van der Waals surface area contributed by atoms with Crippen molar-refractivity contribution < 1.29 is 33.3 Å². The van der Waals surface area contributed by atoms with E-state index < -0.39 is 23.0 Å². The van der Waals surface area contributed by atoms with Crippen LogP contribution < -0.4 is 24.8 Å². The first-order valence-corrected chi connectivity index (χ1v) is 12.2. The van der Waals surface area contributed by atoms with E-state index in [1.165, 1.54) is 19.2 Å². The molecule has 0 heterocycles. The van der Waals surface area contributed by atoms with Crippen molar-refractivity contribution in [3.05, 3.63) is 52.3 Å². The zero-order chi connectivity index (χ0) is 25.9. The number of aliphatic hydroxyl groups is 1. The van der Waals surface area contributed by atoms with Crippen LogP contribution in [0.2, 0.25) is 10.0 Å². The molecule has 2 amide bonds. The van der Waals surface area contributed by atoms with Crippen LogP contribution in [0.15, 0.2) is 36.4 Å². The standard InChI is InChI=1S/C25H27Cl2FN2O6/c1-34-20-11-16(3-5-18(20)27)36-14-23(33)30-25-8-6-24(7-9-25,12-21(25)31)29-22(32)13-35-15-2-4-17(26)19(28)10-15/h2-5,10-11,21,31H,6-9,12-14H2,1H3,(H,29,32)(H,30,33)/t21-,24?,25?/m0/s1. The summed E-state index contributed by atoms with van der Waals surface area (Å²) in [5.74, 6) is -0.299.